The molecule has 0 saturated carbocycles. The van der Waals surface area contributed by atoms with E-state index < -0.39 is 60.2 Å². The highest BCUT2D eigenvalue weighted by Crippen LogP contribution is 2.11. The van der Waals surface area contributed by atoms with E-state index in [0.29, 0.717) is 6.42 Å². The van der Waals surface area contributed by atoms with E-state index in [1.165, 1.54) is 0 Å². The van der Waals surface area contributed by atoms with E-state index in [0.717, 1.165) is 0 Å². The molecule has 0 radical (unpaired) electrons. The second-order valence-electron chi connectivity index (χ2n) is 7.85. The van der Waals surface area contributed by atoms with Crippen LogP contribution in [0.4, 0.5) is 0 Å². The van der Waals surface area contributed by atoms with Gasteiger partial charge in [0.1, 0.15) is 18.1 Å². The summed E-state index contributed by atoms with van der Waals surface area (Å²) in [6.07, 6.45) is 0.143. The minimum Gasteiger partial charge on any atom is -0.481 e. The number of nitrogens with two attached hydrogens (primary N) is 1. The smallest absolute Gasteiger partial charge is 0.327 e. The van der Waals surface area contributed by atoms with Crippen molar-refractivity contribution in [3.63, 3.8) is 0 Å². The Morgan fingerprint density at radius 3 is 1.87 bits per heavy atom. The Labute approximate surface area is 187 Å². The summed E-state index contributed by atoms with van der Waals surface area (Å²) in [5.74, 6) is -5.11. The third kappa shape index (κ3) is 10.5. The van der Waals surface area contributed by atoms with Crippen LogP contribution in [0, 0.1) is 11.8 Å². The van der Waals surface area contributed by atoms with Crippen molar-refractivity contribution < 1.29 is 34.2 Å². The molecule has 3 amide bonds. The molecule has 0 heterocycles. The Balaban J connectivity index is 5.48. The molecule has 12 heteroatoms. The minimum atomic E-state index is -1.33. The highest BCUT2D eigenvalue weighted by atomic mass is 32.1. The zero-order valence-electron chi connectivity index (χ0n) is 18.3. The van der Waals surface area contributed by atoms with E-state index in [1.807, 2.05) is 13.8 Å². The molecule has 0 aromatic carbocycles. The molecule has 178 valence electrons. The fourth-order valence-electron chi connectivity index (χ4n) is 2.67. The Kier molecular flexibility index (Phi) is 12.8. The zero-order chi connectivity index (χ0) is 24.3. The Bertz CT molecular complexity index is 659. The monoisotopic (exact) mass is 462 g/mol. The maximum atomic E-state index is 12.9. The molecule has 0 rings (SSSR count). The fourth-order valence-corrected chi connectivity index (χ4v) is 2.91. The second-order valence-corrected chi connectivity index (χ2v) is 8.21. The lowest BCUT2D eigenvalue weighted by Gasteiger charge is -2.28. The van der Waals surface area contributed by atoms with Crippen molar-refractivity contribution in [3.8, 4) is 0 Å². The lowest BCUT2D eigenvalue weighted by Crippen LogP contribution is -2.59. The normalized spacial score (nSPS) is 15.8. The van der Waals surface area contributed by atoms with E-state index >= 15 is 0 Å². The fraction of sp³-hybridized carbons (Fsp3) is 0.737. The van der Waals surface area contributed by atoms with Crippen LogP contribution in [0.5, 0.6) is 0 Å². The van der Waals surface area contributed by atoms with E-state index in [9.17, 15) is 24.0 Å². The Morgan fingerprint density at radius 1 is 0.903 bits per heavy atom. The first-order chi connectivity index (χ1) is 14.3. The van der Waals surface area contributed by atoms with Crippen LogP contribution in [-0.2, 0) is 24.0 Å². The number of carboxylic acid groups (broad SMARTS) is 2. The molecule has 0 aliphatic carbocycles. The van der Waals surface area contributed by atoms with Crippen molar-refractivity contribution in [1.29, 1.82) is 0 Å². The highest BCUT2D eigenvalue weighted by molar-refractivity contribution is 7.80. The summed E-state index contributed by atoms with van der Waals surface area (Å²) in [5.41, 5.74) is 5.57. The molecule has 5 unspecified atom stereocenters. The average molecular weight is 463 g/mol. The van der Waals surface area contributed by atoms with E-state index in [-0.39, 0.29) is 24.0 Å². The van der Waals surface area contributed by atoms with Crippen LogP contribution in [0.15, 0.2) is 0 Å². The van der Waals surface area contributed by atoms with Crippen LogP contribution < -0.4 is 21.7 Å². The number of amides is 3. The quantitative estimate of drug-likeness (QED) is 0.166. The van der Waals surface area contributed by atoms with Crippen LogP contribution in [-0.4, -0.2) is 69.8 Å². The van der Waals surface area contributed by atoms with Crippen LogP contribution >= 0.6 is 12.6 Å². The van der Waals surface area contributed by atoms with Crippen molar-refractivity contribution >= 4 is 42.3 Å². The maximum absolute atomic E-state index is 12.9. The molecule has 0 spiro atoms. The standard InChI is InChI=1S/C19H34N4O7S/c1-5-10(4)15(23-16(26)11(20)7-14(24)25)18(28)21-12(6-9(2)3)17(27)22-13(8-31)19(29)30/h9-13,15,31H,5-8,20H2,1-4H3,(H,21,28)(H,22,27)(H,23,26)(H,24,25)(H,29,30). The molecule has 0 saturated heterocycles. The number of nitrogens with one attached hydrogen (secondary N) is 3. The van der Waals surface area contributed by atoms with Gasteiger partial charge in [0.25, 0.3) is 0 Å². The predicted octanol–water partition coefficient (Wildman–Crippen LogP) is -0.651. The summed E-state index contributed by atoms with van der Waals surface area (Å²) < 4.78 is 0. The first-order valence-electron chi connectivity index (χ1n) is 10.1. The van der Waals surface area contributed by atoms with Gasteiger partial charge in [0.05, 0.1) is 12.5 Å². The molecule has 0 aromatic heterocycles. The summed E-state index contributed by atoms with van der Waals surface area (Å²) >= 11 is 3.91. The summed E-state index contributed by atoms with van der Waals surface area (Å²) in [6, 6.07) is -4.65. The summed E-state index contributed by atoms with van der Waals surface area (Å²) in [4.78, 5) is 59.7. The van der Waals surface area contributed by atoms with E-state index in [1.54, 1.807) is 13.8 Å². The molecule has 0 fully saturated rings. The number of carboxylic acids is 2. The minimum absolute atomic E-state index is 0.00374. The van der Waals surface area contributed by atoms with Crippen molar-refractivity contribution in [2.45, 2.75) is 71.1 Å². The van der Waals surface area contributed by atoms with Gasteiger partial charge in [0.15, 0.2) is 0 Å². The molecular formula is C19H34N4O7S. The number of aliphatic carboxylic acids is 2. The number of hydrogen-bond donors (Lipinski definition) is 7. The van der Waals surface area contributed by atoms with Gasteiger partial charge in [-0.3, -0.25) is 19.2 Å². The van der Waals surface area contributed by atoms with Gasteiger partial charge >= 0.3 is 11.9 Å². The van der Waals surface area contributed by atoms with Crippen molar-refractivity contribution in [1.82, 2.24) is 16.0 Å². The van der Waals surface area contributed by atoms with Crippen LogP contribution in [0.2, 0.25) is 0 Å². The third-order valence-corrected chi connectivity index (χ3v) is 5.03. The van der Waals surface area contributed by atoms with Gasteiger partial charge in [0.2, 0.25) is 17.7 Å². The predicted molar refractivity (Wildman–Crippen MR) is 116 cm³/mol. The first-order valence-corrected chi connectivity index (χ1v) is 10.7. The summed E-state index contributed by atoms with van der Waals surface area (Å²) in [7, 11) is 0. The van der Waals surface area contributed by atoms with Gasteiger partial charge in [0, 0.05) is 5.75 Å². The van der Waals surface area contributed by atoms with Gasteiger partial charge in [-0.05, 0) is 18.3 Å². The Hall–Kier alpha value is -2.34. The number of hydrogen-bond acceptors (Lipinski definition) is 7. The van der Waals surface area contributed by atoms with Gasteiger partial charge in [-0.15, -0.1) is 0 Å². The lowest BCUT2D eigenvalue weighted by molar-refractivity contribution is -0.141. The molecule has 11 nitrogen and oxygen atoms in total. The zero-order valence-corrected chi connectivity index (χ0v) is 19.1. The molecule has 5 atom stereocenters. The van der Waals surface area contributed by atoms with Crippen molar-refractivity contribution in [2.75, 3.05) is 5.75 Å². The van der Waals surface area contributed by atoms with E-state index in [4.69, 9.17) is 15.9 Å². The molecule has 0 bridgehead atoms. The van der Waals surface area contributed by atoms with E-state index in [2.05, 4.69) is 28.6 Å². The molecule has 7 N–H and O–H groups in total. The summed E-state index contributed by atoms with van der Waals surface area (Å²) in [5, 5.41) is 25.3. The van der Waals surface area contributed by atoms with Crippen LogP contribution in [0.1, 0.15) is 47.0 Å². The van der Waals surface area contributed by atoms with Crippen LogP contribution in [0.3, 0.4) is 0 Å². The topological polar surface area (TPSA) is 188 Å². The molecule has 0 aliphatic rings. The molecule has 31 heavy (non-hydrogen) atoms. The molecular weight excluding hydrogens is 428 g/mol. The van der Waals surface area contributed by atoms with Gasteiger partial charge < -0.3 is 31.9 Å². The maximum Gasteiger partial charge on any atom is 0.327 e. The van der Waals surface area contributed by atoms with Gasteiger partial charge in [-0.2, -0.15) is 12.6 Å². The first kappa shape index (κ1) is 28.7. The van der Waals surface area contributed by atoms with Crippen LogP contribution in [0.25, 0.3) is 0 Å². The highest BCUT2D eigenvalue weighted by Gasteiger charge is 2.32. The number of carbonyl (C=O) groups excluding carboxylic acids is 3. The Morgan fingerprint density at radius 2 is 1.45 bits per heavy atom. The number of thiol groups is 1. The number of rotatable bonds is 14. The number of carbonyl (C=O) groups is 5. The second kappa shape index (κ2) is 13.9. The van der Waals surface area contributed by atoms with Crippen molar-refractivity contribution in [2.24, 2.45) is 17.6 Å². The van der Waals surface area contributed by atoms with Gasteiger partial charge in [-0.25, -0.2) is 4.79 Å². The van der Waals surface area contributed by atoms with Crippen molar-refractivity contribution in [3.05, 3.63) is 0 Å². The average Bonchev–Trinajstić information content (AvgIpc) is 2.67. The lowest BCUT2D eigenvalue weighted by atomic mass is 9.96. The SMILES string of the molecule is CCC(C)C(NC(=O)C(N)CC(=O)O)C(=O)NC(CC(C)C)C(=O)NC(CS)C(=O)O. The molecule has 0 aromatic rings. The third-order valence-electron chi connectivity index (χ3n) is 4.66. The van der Waals surface area contributed by atoms with Gasteiger partial charge in [-0.1, -0.05) is 34.1 Å². The molecule has 0 aliphatic heterocycles. The largest absolute Gasteiger partial charge is 0.481 e. The summed E-state index contributed by atoms with van der Waals surface area (Å²) in [6.45, 7) is 7.18.